The smallest absolute Gasteiger partial charge is 0.255 e. The Kier molecular flexibility index (Phi) is 3.87. The first-order chi connectivity index (χ1) is 6.09. The van der Waals surface area contributed by atoms with E-state index >= 15 is 0 Å². The van der Waals surface area contributed by atoms with Crippen LogP contribution in [0.5, 0.6) is 0 Å². The average molecular weight is 271 g/mol. The van der Waals surface area contributed by atoms with E-state index < -0.39 is 13.0 Å². The SMILES string of the molecule is FC(F)CNc1ncc(Cl)cc1Br. The Balaban J connectivity index is 2.67. The Labute approximate surface area is 87.4 Å². The maximum atomic E-state index is 11.8. The Bertz CT molecular complexity index is 296. The fraction of sp³-hybridized carbons (Fsp3) is 0.286. The molecule has 1 rings (SSSR count). The van der Waals surface area contributed by atoms with Crippen molar-refractivity contribution >= 4 is 33.3 Å². The van der Waals surface area contributed by atoms with Gasteiger partial charge in [0.1, 0.15) is 5.82 Å². The Morgan fingerprint density at radius 1 is 1.62 bits per heavy atom. The van der Waals surface area contributed by atoms with Gasteiger partial charge in [-0.05, 0) is 22.0 Å². The molecule has 1 aromatic heterocycles. The van der Waals surface area contributed by atoms with Gasteiger partial charge in [-0.2, -0.15) is 0 Å². The summed E-state index contributed by atoms with van der Waals surface area (Å²) >= 11 is 8.75. The van der Waals surface area contributed by atoms with Crippen LogP contribution in [-0.2, 0) is 0 Å². The van der Waals surface area contributed by atoms with Crippen molar-refractivity contribution in [1.82, 2.24) is 4.98 Å². The molecule has 0 bridgehead atoms. The van der Waals surface area contributed by atoms with Gasteiger partial charge in [0, 0.05) is 6.20 Å². The van der Waals surface area contributed by atoms with Crippen LogP contribution in [0.1, 0.15) is 0 Å². The minimum atomic E-state index is -2.40. The molecule has 0 aliphatic rings. The summed E-state index contributed by atoms with van der Waals surface area (Å²) in [5.41, 5.74) is 0. The topological polar surface area (TPSA) is 24.9 Å². The summed E-state index contributed by atoms with van der Waals surface area (Å²) in [6.45, 7) is -0.423. The predicted octanol–water partition coefficient (Wildman–Crippen LogP) is 3.17. The lowest BCUT2D eigenvalue weighted by Crippen LogP contribution is -2.11. The van der Waals surface area contributed by atoms with Crippen LogP contribution in [0.4, 0.5) is 14.6 Å². The van der Waals surface area contributed by atoms with Gasteiger partial charge in [-0.25, -0.2) is 13.8 Å². The van der Waals surface area contributed by atoms with E-state index in [1.807, 2.05) is 0 Å². The van der Waals surface area contributed by atoms with Crippen molar-refractivity contribution in [2.45, 2.75) is 6.43 Å². The van der Waals surface area contributed by atoms with Crippen molar-refractivity contribution < 1.29 is 8.78 Å². The standard InChI is InChI=1S/C7H6BrClF2N2/c8-5-1-4(9)2-12-7(5)13-3-6(10)11/h1-2,6H,3H2,(H,12,13). The fourth-order valence-electron chi connectivity index (χ4n) is 0.718. The number of hydrogen-bond acceptors (Lipinski definition) is 2. The van der Waals surface area contributed by atoms with Crippen molar-refractivity contribution in [2.24, 2.45) is 0 Å². The van der Waals surface area contributed by atoms with Gasteiger partial charge in [0.25, 0.3) is 6.43 Å². The second-order valence-corrected chi connectivity index (χ2v) is 3.55. The molecule has 0 unspecified atom stereocenters. The maximum Gasteiger partial charge on any atom is 0.255 e. The van der Waals surface area contributed by atoms with Gasteiger partial charge < -0.3 is 5.32 Å². The molecule has 0 aromatic carbocycles. The van der Waals surface area contributed by atoms with Crippen molar-refractivity contribution in [2.75, 3.05) is 11.9 Å². The number of nitrogens with one attached hydrogen (secondary N) is 1. The normalized spacial score (nSPS) is 10.5. The summed E-state index contributed by atoms with van der Waals surface area (Å²) in [4.78, 5) is 3.83. The van der Waals surface area contributed by atoms with Crippen LogP contribution in [0.2, 0.25) is 5.02 Å². The first-order valence-corrected chi connectivity index (χ1v) is 4.59. The Morgan fingerprint density at radius 3 is 2.85 bits per heavy atom. The second-order valence-electron chi connectivity index (χ2n) is 2.26. The Morgan fingerprint density at radius 2 is 2.31 bits per heavy atom. The first-order valence-electron chi connectivity index (χ1n) is 3.42. The van der Waals surface area contributed by atoms with E-state index in [1.165, 1.54) is 6.20 Å². The third-order valence-electron chi connectivity index (χ3n) is 1.23. The zero-order valence-electron chi connectivity index (χ0n) is 6.40. The van der Waals surface area contributed by atoms with Crippen molar-refractivity contribution in [3.05, 3.63) is 21.8 Å². The van der Waals surface area contributed by atoms with Crippen LogP contribution in [-0.4, -0.2) is 18.0 Å². The number of nitrogens with zero attached hydrogens (tertiary/aromatic N) is 1. The van der Waals surface area contributed by atoms with E-state index in [0.29, 0.717) is 15.3 Å². The molecule has 6 heteroatoms. The average Bonchev–Trinajstić information content (AvgIpc) is 2.02. The van der Waals surface area contributed by atoms with Gasteiger partial charge in [-0.15, -0.1) is 0 Å². The molecule has 0 radical (unpaired) electrons. The molecule has 0 aliphatic heterocycles. The summed E-state index contributed by atoms with van der Waals surface area (Å²) < 4.78 is 24.2. The van der Waals surface area contributed by atoms with Crippen LogP contribution in [0.3, 0.4) is 0 Å². The number of pyridine rings is 1. The molecule has 13 heavy (non-hydrogen) atoms. The highest BCUT2D eigenvalue weighted by Crippen LogP contribution is 2.22. The first kappa shape index (κ1) is 10.7. The fourth-order valence-corrected chi connectivity index (χ4v) is 1.50. The summed E-state index contributed by atoms with van der Waals surface area (Å²) in [5, 5.41) is 2.93. The largest absolute Gasteiger partial charge is 0.363 e. The third kappa shape index (κ3) is 3.44. The molecule has 1 heterocycles. The van der Waals surface area contributed by atoms with Crippen molar-refractivity contribution in [3.8, 4) is 0 Å². The van der Waals surface area contributed by atoms with E-state index in [4.69, 9.17) is 11.6 Å². The van der Waals surface area contributed by atoms with Crippen molar-refractivity contribution in [3.63, 3.8) is 0 Å². The van der Waals surface area contributed by atoms with Crippen LogP contribution in [0.25, 0.3) is 0 Å². The Hall–Kier alpha value is -0.420. The molecule has 0 saturated carbocycles. The molecule has 0 amide bonds. The zero-order chi connectivity index (χ0) is 9.84. The van der Waals surface area contributed by atoms with Gasteiger partial charge in [0.05, 0.1) is 16.0 Å². The van der Waals surface area contributed by atoms with Crippen molar-refractivity contribution in [1.29, 1.82) is 0 Å². The molecule has 0 aliphatic carbocycles. The van der Waals surface area contributed by atoms with Gasteiger partial charge in [0.15, 0.2) is 0 Å². The van der Waals surface area contributed by atoms with Gasteiger partial charge >= 0.3 is 0 Å². The molecule has 0 spiro atoms. The molecule has 1 N–H and O–H groups in total. The van der Waals surface area contributed by atoms with E-state index in [0.717, 1.165) is 0 Å². The van der Waals surface area contributed by atoms with E-state index in [-0.39, 0.29) is 0 Å². The lowest BCUT2D eigenvalue weighted by molar-refractivity contribution is 0.163. The van der Waals surface area contributed by atoms with Crippen LogP contribution in [0.15, 0.2) is 16.7 Å². The van der Waals surface area contributed by atoms with Gasteiger partial charge in [-0.1, -0.05) is 11.6 Å². The minimum Gasteiger partial charge on any atom is -0.363 e. The lowest BCUT2D eigenvalue weighted by Gasteiger charge is -2.06. The summed E-state index contributed by atoms with van der Waals surface area (Å²) in [7, 11) is 0. The molecule has 2 nitrogen and oxygen atoms in total. The lowest BCUT2D eigenvalue weighted by atomic mass is 10.4. The molecule has 72 valence electrons. The predicted molar refractivity (Wildman–Crippen MR) is 51.4 cm³/mol. The highest BCUT2D eigenvalue weighted by molar-refractivity contribution is 9.10. The summed E-state index contributed by atoms with van der Waals surface area (Å²) in [6.07, 6.45) is -1.01. The number of alkyl halides is 2. The summed E-state index contributed by atoms with van der Waals surface area (Å²) in [5.74, 6) is 0.365. The zero-order valence-corrected chi connectivity index (χ0v) is 8.74. The number of rotatable bonds is 3. The van der Waals surface area contributed by atoms with Gasteiger partial charge in [0.2, 0.25) is 0 Å². The molecule has 0 atom stereocenters. The third-order valence-corrected chi connectivity index (χ3v) is 2.04. The highest BCUT2D eigenvalue weighted by atomic mass is 79.9. The number of anilines is 1. The van der Waals surface area contributed by atoms with E-state index in [2.05, 4.69) is 26.2 Å². The van der Waals surface area contributed by atoms with Crippen LogP contribution < -0.4 is 5.32 Å². The maximum absolute atomic E-state index is 11.8. The minimum absolute atomic E-state index is 0.365. The number of halogens is 4. The molecule has 0 fully saturated rings. The van der Waals surface area contributed by atoms with E-state index in [9.17, 15) is 8.78 Å². The van der Waals surface area contributed by atoms with Crippen LogP contribution >= 0.6 is 27.5 Å². The monoisotopic (exact) mass is 270 g/mol. The highest BCUT2D eigenvalue weighted by Gasteiger charge is 2.05. The molecular weight excluding hydrogens is 265 g/mol. The summed E-state index contributed by atoms with van der Waals surface area (Å²) in [6, 6.07) is 1.59. The molecular formula is C7H6BrClF2N2. The van der Waals surface area contributed by atoms with E-state index in [1.54, 1.807) is 6.07 Å². The molecule has 1 aromatic rings. The van der Waals surface area contributed by atoms with Crippen LogP contribution in [0, 0.1) is 0 Å². The molecule has 0 saturated heterocycles. The number of hydrogen-bond donors (Lipinski definition) is 1. The number of aromatic nitrogens is 1. The van der Waals surface area contributed by atoms with Gasteiger partial charge in [-0.3, -0.25) is 0 Å². The second kappa shape index (κ2) is 4.72. The quantitative estimate of drug-likeness (QED) is 0.913.